The first kappa shape index (κ1) is 11.1. The Hall–Kier alpha value is -0.0400. The summed E-state index contributed by atoms with van der Waals surface area (Å²) >= 11 is 8.12. The van der Waals surface area contributed by atoms with E-state index in [2.05, 4.69) is 38.1 Å². The van der Waals surface area contributed by atoms with Gasteiger partial charge in [0.05, 0.1) is 0 Å². The highest BCUT2D eigenvalue weighted by Crippen LogP contribution is 2.66. The van der Waals surface area contributed by atoms with Gasteiger partial charge in [-0.1, -0.05) is 41.2 Å². The Morgan fingerprint density at radius 1 is 1.25 bits per heavy atom. The van der Waals surface area contributed by atoms with Gasteiger partial charge in [0.25, 0.3) is 0 Å². The van der Waals surface area contributed by atoms with Crippen LogP contribution in [0.15, 0.2) is 40.3 Å². The number of benzene rings is 1. The molecule has 0 amide bonds. The quantitative estimate of drug-likeness (QED) is 0.515. The zero-order valence-corrected chi connectivity index (χ0v) is 12.1. The van der Waals surface area contributed by atoms with Crippen molar-refractivity contribution < 1.29 is 0 Å². The van der Waals surface area contributed by atoms with Crippen LogP contribution in [-0.2, 0) is 11.8 Å². The third-order valence-corrected chi connectivity index (χ3v) is 11.7. The molecule has 0 N–H and O–H groups in total. The predicted octanol–water partition coefficient (Wildman–Crippen LogP) is 3.96. The normalized spacial score (nSPS) is 32.5. The van der Waals surface area contributed by atoms with Gasteiger partial charge in [-0.2, -0.15) is 0 Å². The molecule has 0 unspecified atom stereocenters. The largest absolute Gasteiger partial charge is 0.116 e. The van der Waals surface area contributed by atoms with Crippen molar-refractivity contribution in [1.29, 1.82) is 0 Å². The fraction of sp³-hybridized carbons (Fsp3) is 0.385. The molecule has 84 valence electrons. The number of thioether (sulfide) groups is 1. The van der Waals surface area contributed by atoms with Crippen LogP contribution < -0.4 is 5.30 Å². The number of hydrogen-bond acceptors (Lipinski definition) is 2. The molecular weight excluding hydrogens is 251 g/mol. The van der Waals surface area contributed by atoms with Gasteiger partial charge in [0.2, 0.25) is 0 Å². The van der Waals surface area contributed by atoms with Crippen LogP contribution in [0, 0.1) is 0 Å². The topological polar surface area (TPSA) is 0 Å². The first-order chi connectivity index (χ1) is 7.61. The summed E-state index contributed by atoms with van der Waals surface area (Å²) in [6.07, 6.45) is 2.38. The summed E-state index contributed by atoms with van der Waals surface area (Å²) in [5, 5.41) is 1.51. The molecule has 0 fully saturated rings. The average molecular weight is 266 g/mol. The SMILES string of the molecule is CC1=C(C)C[P@]2(=S)c3ccccc3S[C@@H]2C1. The molecule has 2 aliphatic heterocycles. The summed E-state index contributed by atoms with van der Waals surface area (Å²) < 4.78 is 0. The summed E-state index contributed by atoms with van der Waals surface area (Å²) in [4.78, 5) is 2.14. The van der Waals surface area contributed by atoms with Crippen LogP contribution in [0.1, 0.15) is 20.3 Å². The Labute approximate surface area is 107 Å². The molecule has 1 aromatic rings. The van der Waals surface area contributed by atoms with Crippen molar-refractivity contribution in [3.63, 3.8) is 0 Å². The van der Waals surface area contributed by atoms with Crippen LogP contribution in [0.25, 0.3) is 0 Å². The van der Waals surface area contributed by atoms with Gasteiger partial charge in [0.15, 0.2) is 0 Å². The first-order valence-electron chi connectivity index (χ1n) is 5.61. The molecule has 0 saturated heterocycles. The molecule has 0 radical (unpaired) electrons. The van der Waals surface area contributed by atoms with Crippen LogP contribution in [0.4, 0.5) is 0 Å². The minimum Gasteiger partial charge on any atom is -0.116 e. The lowest BCUT2D eigenvalue weighted by molar-refractivity contribution is 1.00. The van der Waals surface area contributed by atoms with Crippen molar-refractivity contribution in [1.82, 2.24) is 0 Å². The van der Waals surface area contributed by atoms with Crippen molar-refractivity contribution in [2.45, 2.75) is 30.2 Å². The van der Waals surface area contributed by atoms with Crippen LogP contribution in [0.5, 0.6) is 0 Å². The maximum absolute atomic E-state index is 6.08. The molecule has 0 spiro atoms. The lowest BCUT2D eigenvalue weighted by Crippen LogP contribution is -2.17. The highest BCUT2D eigenvalue weighted by Gasteiger charge is 2.41. The summed E-state index contributed by atoms with van der Waals surface area (Å²) in [5.41, 5.74) is 3.13. The zero-order chi connectivity index (χ0) is 11.3. The average Bonchev–Trinajstić information content (AvgIpc) is 2.53. The molecule has 0 nitrogen and oxygen atoms in total. The van der Waals surface area contributed by atoms with Gasteiger partial charge in [0.1, 0.15) is 0 Å². The molecule has 0 saturated carbocycles. The zero-order valence-electron chi connectivity index (χ0n) is 9.56. The second-order valence-electron chi connectivity index (χ2n) is 4.76. The second-order valence-corrected chi connectivity index (χ2v) is 11.3. The molecule has 1 aromatic carbocycles. The molecule has 3 rings (SSSR count). The predicted molar refractivity (Wildman–Crippen MR) is 77.9 cm³/mol. The molecule has 0 aliphatic carbocycles. The van der Waals surface area contributed by atoms with Crippen LogP contribution >= 0.6 is 17.8 Å². The highest BCUT2D eigenvalue weighted by molar-refractivity contribution is 8.27. The molecule has 0 aromatic heterocycles. The molecular formula is C13H15PS2. The van der Waals surface area contributed by atoms with Crippen molar-refractivity contribution in [3.8, 4) is 0 Å². The molecule has 16 heavy (non-hydrogen) atoms. The number of fused-ring (bicyclic) bond motifs is 3. The van der Waals surface area contributed by atoms with Crippen molar-refractivity contribution in [2.24, 2.45) is 0 Å². The summed E-state index contributed by atoms with van der Waals surface area (Å²) in [7, 11) is 0. The maximum atomic E-state index is 6.08. The van der Waals surface area contributed by atoms with E-state index in [1.807, 2.05) is 11.8 Å². The fourth-order valence-electron chi connectivity index (χ4n) is 2.56. The fourth-order valence-corrected chi connectivity index (χ4v) is 10.6. The third kappa shape index (κ3) is 1.47. The number of allylic oxidation sites excluding steroid dienone is 2. The van der Waals surface area contributed by atoms with Gasteiger partial charge in [0, 0.05) is 27.4 Å². The minimum absolute atomic E-state index is 0.684. The van der Waals surface area contributed by atoms with Crippen LogP contribution in [-0.4, -0.2) is 11.2 Å². The van der Waals surface area contributed by atoms with E-state index in [1.54, 1.807) is 11.1 Å². The van der Waals surface area contributed by atoms with Crippen LogP contribution in [0.2, 0.25) is 0 Å². The Balaban J connectivity index is 2.15. The standard InChI is InChI=1S/C13H15PS2/c1-9-7-13-14(15,8-10(9)2)11-5-3-4-6-12(11)16-13/h3-6,13H,7-8H2,1-2H3/t13-,14+/m1/s1. The van der Waals surface area contributed by atoms with E-state index in [4.69, 9.17) is 11.8 Å². The highest BCUT2D eigenvalue weighted by atomic mass is 32.4. The van der Waals surface area contributed by atoms with Gasteiger partial charge in [-0.3, -0.25) is 0 Å². The molecule has 0 bridgehead atoms. The molecule has 3 heteroatoms. The third-order valence-electron chi connectivity index (χ3n) is 3.68. The smallest absolute Gasteiger partial charge is 0.0464 e. The lowest BCUT2D eigenvalue weighted by Gasteiger charge is -2.31. The van der Waals surface area contributed by atoms with Crippen LogP contribution in [0.3, 0.4) is 0 Å². The first-order valence-corrected chi connectivity index (χ1v) is 9.55. The van der Waals surface area contributed by atoms with Gasteiger partial charge in [-0.25, -0.2) is 0 Å². The Morgan fingerprint density at radius 3 is 2.81 bits per heavy atom. The van der Waals surface area contributed by atoms with Gasteiger partial charge < -0.3 is 0 Å². The van der Waals surface area contributed by atoms with E-state index in [-0.39, 0.29) is 0 Å². The van der Waals surface area contributed by atoms with E-state index >= 15 is 0 Å². The summed E-state index contributed by atoms with van der Waals surface area (Å²) in [5.74, 6) is 0. The van der Waals surface area contributed by atoms with Gasteiger partial charge in [-0.15, -0.1) is 11.8 Å². The van der Waals surface area contributed by atoms with E-state index in [0.29, 0.717) is 4.99 Å². The molecule has 2 atom stereocenters. The minimum atomic E-state index is -1.32. The molecule has 2 heterocycles. The Kier molecular flexibility index (Phi) is 2.58. The number of rotatable bonds is 0. The van der Waals surface area contributed by atoms with E-state index in [0.717, 1.165) is 0 Å². The van der Waals surface area contributed by atoms with Crippen molar-refractivity contribution in [3.05, 3.63) is 35.4 Å². The Bertz CT molecular complexity index is 530. The summed E-state index contributed by atoms with van der Waals surface area (Å²) in [6.45, 7) is 4.54. The van der Waals surface area contributed by atoms with E-state index in [9.17, 15) is 0 Å². The maximum Gasteiger partial charge on any atom is 0.0464 e. The monoisotopic (exact) mass is 266 g/mol. The van der Waals surface area contributed by atoms with E-state index in [1.165, 1.54) is 22.8 Å². The van der Waals surface area contributed by atoms with Crippen molar-refractivity contribution in [2.75, 3.05) is 6.16 Å². The lowest BCUT2D eigenvalue weighted by atomic mass is 10.1. The van der Waals surface area contributed by atoms with Gasteiger partial charge in [-0.05, 0) is 26.3 Å². The van der Waals surface area contributed by atoms with E-state index < -0.39 is 6.04 Å². The van der Waals surface area contributed by atoms with Crippen molar-refractivity contribution >= 4 is 34.9 Å². The number of hydrogen-bond donors (Lipinski definition) is 0. The molecule has 2 aliphatic rings. The second kappa shape index (κ2) is 3.73. The van der Waals surface area contributed by atoms with Gasteiger partial charge >= 0.3 is 0 Å². The Morgan fingerprint density at radius 2 is 2.00 bits per heavy atom. The summed E-state index contributed by atoms with van der Waals surface area (Å²) in [6, 6.07) is 7.49.